The Balaban J connectivity index is 1.95. The van der Waals surface area contributed by atoms with Crippen molar-refractivity contribution >= 4 is 11.3 Å². The lowest BCUT2D eigenvalue weighted by Crippen LogP contribution is -2.25. The number of nitrogens with one attached hydrogen (secondary N) is 1. The molecule has 3 heteroatoms. The number of hydrogen-bond donors (Lipinski definition) is 1. The van der Waals surface area contributed by atoms with Crippen LogP contribution < -0.4 is 5.32 Å². The summed E-state index contributed by atoms with van der Waals surface area (Å²) in [5, 5.41) is 5.05. The maximum Gasteiger partial charge on any atom is 0.0962 e. The van der Waals surface area contributed by atoms with Crippen LogP contribution in [0.15, 0.2) is 0 Å². The van der Waals surface area contributed by atoms with E-state index < -0.39 is 0 Å². The van der Waals surface area contributed by atoms with E-state index in [0.717, 1.165) is 12.6 Å². The van der Waals surface area contributed by atoms with Gasteiger partial charge in [-0.2, -0.15) is 0 Å². The second-order valence-electron chi connectivity index (χ2n) is 5.44. The highest BCUT2D eigenvalue weighted by Crippen LogP contribution is 2.29. The third-order valence-corrected chi connectivity index (χ3v) is 5.47. The topological polar surface area (TPSA) is 24.9 Å². The molecule has 1 aliphatic rings. The molecule has 1 saturated carbocycles. The van der Waals surface area contributed by atoms with Crippen molar-refractivity contribution in [3.8, 4) is 0 Å². The summed E-state index contributed by atoms with van der Waals surface area (Å²) in [5.74, 6) is 0.661. The maximum absolute atomic E-state index is 4.78. The van der Waals surface area contributed by atoms with E-state index in [1.165, 1.54) is 54.1 Å². The first-order valence-corrected chi connectivity index (χ1v) is 8.25. The third-order valence-electron chi connectivity index (χ3n) is 4.15. The van der Waals surface area contributed by atoms with Crippen LogP contribution in [0.1, 0.15) is 73.9 Å². The first-order chi connectivity index (χ1) is 8.74. The molecule has 1 heterocycles. The van der Waals surface area contributed by atoms with E-state index in [4.69, 9.17) is 4.98 Å². The van der Waals surface area contributed by atoms with Gasteiger partial charge in [-0.15, -0.1) is 11.3 Å². The first-order valence-electron chi connectivity index (χ1n) is 7.44. The summed E-state index contributed by atoms with van der Waals surface area (Å²) in [7, 11) is 0. The lowest BCUT2D eigenvalue weighted by Gasteiger charge is -2.10. The van der Waals surface area contributed by atoms with E-state index in [2.05, 4.69) is 26.1 Å². The van der Waals surface area contributed by atoms with E-state index in [9.17, 15) is 0 Å². The van der Waals surface area contributed by atoms with Gasteiger partial charge in [0.2, 0.25) is 0 Å². The molecule has 1 aromatic rings. The average Bonchev–Trinajstić information content (AvgIpc) is 2.98. The monoisotopic (exact) mass is 266 g/mol. The molecule has 0 unspecified atom stereocenters. The summed E-state index contributed by atoms with van der Waals surface area (Å²) in [5.41, 5.74) is 1.24. The Hall–Kier alpha value is -0.410. The summed E-state index contributed by atoms with van der Waals surface area (Å²) >= 11 is 1.93. The molecule has 0 radical (unpaired) electrons. The molecular weight excluding hydrogens is 240 g/mol. The molecule has 0 atom stereocenters. The number of thiazole rings is 1. The molecule has 0 bridgehead atoms. The van der Waals surface area contributed by atoms with Gasteiger partial charge in [0.1, 0.15) is 0 Å². The van der Waals surface area contributed by atoms with Gasteiger partial charge in [0.15, 0.2) is 0 Å². The van der Waals surface area contributed by atoms with Gasteiger partial charge in [0, 0.05) is 23.4 Å². The van der Waals surface area contributed by atoms with Crippen LogP contribution in [0.4, 0.5) is 0 Å². The molecule has 0 aromatic carbocycles. The van der Waals surface area contributed by atoms with Crippen molar-refractivity contribution in [3.63, 3.8) is 0 Å². The molecule has 2 rings (SSSR count). The molecule has 0 saturated heterocycles. The molecule has 0 amide bonds. The minimum absolute atomic E-state index is 0.661. The summed E-state index contributed by atoms with van der Waals surface area (Å²) in [4.78, 5) is 6.22. The van der Waals surface area contributed by atoms with Crippen molar-refractivity contribution in [1.29, 1.82) is 0 Å². The van der Waals surface area contributed by atoms with E-state index >= 15 is 0 Å². The molecule has 1 aliphatic carbocycles. The number of nitrogens with zero attached hydrogens (tertiary/aromatic N) is 1. The second kappa shape index (κ2) is 6.67. The van der Waals surface area contributed by atoms with Gasteiger partial charge < -0.3 is 5.32 Å². The highest BCUT2D eigenvalue weighted by Gasteiger charge is 2.17. The minimum atomic E-state index is 0.661. The predicted molar refractivity (Wildman–Crippen MR) is 79.3 cm³/mol. The third kappa shape index (κ3) is 3.33. The lowest BCUT2D eigenvalue weighted by atomic mass is 10.1. The van der Waals surface area contributed by atoms with Crippen LogP contribution >= 0.6 is 11.3 Å². The molecule has 0 spiro atoms. The zero-order valence-corrected chi connectivity index (χ0v) is 12.8. The maximum atomic E-state index is 4.78. The molecule has 1 N–H and O–H groups in total. The molecule has 0 aliphatic heterocycles. The smallest absolute Gasteiger partial charge is 0.0962 e. The lowest BCUT2D eigenvalue weighted by molar-refractivity contribution is 0.526. The van der Waals surface area contributed by atoms with Crippen molar-refractivity contribution in [2.45, 2.75) is 77.8 Å². The largest absolute Gasteiger partial charge is 0.309 e. The summed E-state index contributed by atoms with van der Waals surface area (Å²) in [6.45, 7) is 7.71. The van der Waals surface area contributed by atoms with Gasteiger partial charge in [-0.3, -0.25) is 0 Å². The highest BCUT2D eigenvalue weighted by molar-refractivity contribution is 7.11. The Morgan fingerprint density at radius 1 is 1.28 bits per heavy atom. The zero-order valence-electron chi connectivity index (χ0n) is 12.0. The summed E-state index contributed by atoms with van der Waals surface area (Å²) < 4.78 is 0. The van der Waals surface area contributed by atoms with Gasteiger partial charge in [-0.25, -0.2) is 4.98 Å². The van der Waals surface area contributed by atoms with E-state index in [1.807, 2.05) is 11.3 Å². The van der Waals surface area contributed by atoms with Gasteiger partial charge in [0.25, 0.3) is 0 Å². The predicted octanol–water partition coefficient (Wildman–Crippen LogP) is 4.39. The fraction of sp³-hybridized carbons (Fsp3) is 0.800. The second-order valence-corrected chi connectivity index (χ2v) is 6.55. The highest BCUT2D eigenvalue weighted by atomic mass is 32.1. The van der Waals surface area contributed by atoms with Gasteiger partial charge in [-0.05, 0) is 32.6 Å². The van der Waals surface area contributed by atoms with E-state index in [-0.39, 0.29) is 0 Å². The van der Waals surface area contributed by atoms with Crippen molar-refractivity contribution in [2.75, 3.05) is 0 Å². The summed E-state index contributed by atoms with van der Waals surface area (Å²) in [6, 6.07) is 0.753. The van der Waals surface area contributed by atoms with Crippen LogP contribution in [-0.2, 0) is 6.54 Å². The van der Waals surface area contributed by atoms with Crippen molar-refractivity contribution in [2.24, 2.45) is 0 Å². The van der Waals surface area contributed by atoms with Crippen LogP contribution in [0, 0.1) is 6.92 Å². The minimum Gasteiger partial charge on any atom is -0.309 e. The number of rotatable bonds is 6. The van der Waals surface area contributed by atoms with Gasteiger partial charge in [-0.1, -0.05) is 26.7 Å². The normalized spacial score (nSPS) is 16.9. The van der Waals surface area contributed by atoms with E-state index in [1.54, 1.807) is 0 Å². The molecule has 2 nitrogen and oxygen atoms in total. The molecule has 1 fully saturated rings. The average molecular weight is 266 g/mol. The van der Waals surface area contributed by atoms with Crippen LogP contribution in [0.2, 0.25) is 0 Å². The number of aromatic nitrogens is 1. The van der Waals surface area contributed by atoms with Crippen molar-refractivity contribution < 1.29 is 0 Å². The first kappa shape index (κ1) is 14.0. The Labute approximate surface area is 115 Å². The van der Waals surface area contributed by atoms with Crippen molar-refractivity contribution in [1.82, 2.24) is 10.3 Å². The summed E-state index contributed by atoms with van der Waals surface area (Å²) in [6.07, 6.45) is 7.93. The van der Waals surface area contributed by atoms with Crippen LogP contribution in [0.25, 0.3) is 0 Å². The molecule has 18 heavy (non-hydrogen) atoms. The van der Waals surface area contributed by atoms with Crippen LogP contribution in [0.5, 0.6) is 0 Å². The Morgan fingerprint density at radius 3 is 2.56 bits per heavy atom. The van der Waals surface area contributed by atoms with Crippen LogP contribution in [0.3, 0.4) is 0 Å². The van der Waals surface area contributed by atoms with Crippen molar-refractivity contribution in [3.05, 3.63) is 15.6 Å². The van der Waals surface area contributed by atoms with Gasteiger partial charge >= 0.3 is 0 Å². The quantitative estimate of drug-likeness (QED) is 0.826. The van der Waals surface area contributed by atoms with Gasteiger partial charge in [0.05, 0.1) is 10.7 Å². The fourth-order valence-electron chi connectivity index (χ4n) is 2.79. The SMILES string of the molecule is CCC(CC)c1nc(C)c(CNC2CCCC2)s1. The molecule has 102 valence electrons. The standard InChI is InChI=1S/C15H26N2S/c1-4-12(5-2)15-17-11(3)14(18-15)10-16-13-8-6-7-9-13/h12-13,16H,4-10H2,1-3H3. The molecule has 1 aromatic heterocycles. The Morgan fingerprint density at radius 2 is 1.94 bits per heavy atom. The van der Waals surface area contributed by atoms with Crippen LogP contribution in [-0.4, -0.2) is 11.0 Å². The number of hydrogen-bond acceptors (Lipinski definition) is 3. The zero-order chi connectivity index (χ0) is 13.0. The Kier molecular flexibility index (Phi) is 5.19. The number of aryl methyl sites for hydroxylation is 1. The fourth-order valence-corrected chi connectivity index (χ4v) is 4.08. The Bertz CT molecular complexity index is 363. The molecular formula is C15H26N2S. The van der Waals surface area contributed by atoms with E-state index in [0.29, 0.717) is 5.92 Å².